The van der Waals surface area contributed by atoms with Crippen LogP contribution < -0.4 is 15.4 Å². The van der Waals surface area contributed by atoms with Gasteiger partial charge in [-0.25, -0.2) is 0 Å². The molecule has 0 bridgehead atoms. The number of aryl methyl sites for hydroxylation is 1. The van der Waals surface area contributed by atoms with E-state index < -0.39 is 0 Å². The van der Waals surface area contributed by atoms with E-state index in [4.69, 9.17) is 27.9 Å². The maximum atomic E-state index is 11.9. The number of aromatic nitrogens is 2. The van der Waals surface area contributed by atoms with Crippen LogP contribution >= 0.6 is 23.2 Å². The van der Waals surface area contributed by atoms with Gasteiger partial charge in [-0.15, -0.1) is 0 Å². The first kappa shape index (κ1) is 22.7. The molecule has 0 aliphatic rings. The van der Waals surface area contributed by atoms with E-state index >= 15 is 0 Å². The molecule has 0 spiro atoms. The molecule has 1 aromatic heterocycles. The van der Waals surface area contributed by atoms with Crippen LogP contribution in [0.5, 0.6) is 5.75 Å². The first-order chi connectivity index (χ1) is 14.9. The number of ether oxygens (including phenoxy) is 1. The molecule has 0 aliphatic carbocycles. The fourth-order valence-electron chi connectivity index (χ4n) is 2.85. The van der Waals surface area contributed by atoms with Crippen molar-refractivity contribution in [2.24, 2.45) is 0 Å². The average Bonchev–Trinajstić information content (AvgIpc) is 3.21. The number of carbonyl (C=O) groups excluding carboxylic acids is 2. The van der Waals surface area contributed by atoms with Gasteiger partial charge in [-0.2, -0.15) is 5.10 Å². The molecule has 9 heteroatoms. The van der Waals surface area contributed by atoms with E-state index in [2.05, 4.69) is 15.7 Å². The zero-order valence-electron chi connectivity index (χ0n) is 16.9. The maximum absolute atomic E-state index is 11.9. The number of hydrogen-bond donors (Lipinski definition) is 2. The average molecular weight is 461 g/mol. The third-order valence-electron chi connectivity index (χ3n) is 4.30. The second-order valence-electron chi connectivity index (χ2n) is 6.82. The first-order valence-electron chi connectivity index (χ1n) is 9.66. The largest absolute Gasteiger partial charge is 0.484 e. The van der Waals surface area contributed by atoms with Crippen molar-refractivity contribution < 1.29 is 14.3 Å². The molecule has 1 heterocycles. The molecule has 2 N–H and O–H groups in total. The predicted octanol–water partition coefficient (Wildman–Crippen LogP) is 4.40. The highest BCUT2D eigenvalue weighted by atomic mass is 35.5. The lowest BCUT2D eigenvalue weighted by Crippen LogP contribution is -2.30. The van der Waals surface area contributed by atoms with Crippen molar-refractivity contribution in [3.63, 3.8) is 0 Å². The normalized spacial score (nSPS) is 10.5. The molecule has 0 unspecified atom stereocenters. The van der Waals surface area contributed by atoms with Crippen molar-refractivity contribution in [3.8, 4) is 16.9 Å². The van der Waals surface area contributed by atoms with E-state index in [1.165, 1.54) is 6.92 Å². The molecule has 0 atom stereocenters. The van der Waals surface area contributed by atoms with Gasteiger partial charge in [-0.3, -0.25) is 14.3 Å². The molecule has 3 aromatic rings. The van der Waals surface area contributed by atoms with Gasteiger partial charge in [0.15, 0.2) is 6.61 Å². The van der Waals surface area contributed by atoms with E-state index in [0.29, 0.717) is 35.3 Å². The number of rotatable bonds is 9. The zero-order chi connectivity index (χ0) is 22.2. The highest BCUT2D eigenvalue weighted by molar-refractivity contribution is 6.42. The lowest BCUT2D eigenvalue weighted by Gasteiger charge is -2.08. The molecule has 2 aromatic carbocycles. The molecular weight excluding hydrogens is 439 g/mol. The number of benzene rings is 2. The van der Waals surface area contributed by atoms with Gasteiger partial charge < -0.3 is 15.4 Å². The Morgan fingerprint density at radius 2 is 1.94 bits per heavy atom. The quantitative estimate of drug-likeness (QED) is 0.463. The van der Waals surface area contributed by atoms with Crippen molar-refractivity contribution in [2.75, 3.05) is 18.5 Å². The zero-order valence-corrected chi connectivity index (χ0v) is 18.4. The Hall–Kier alpha value is -3.03. The summed E-state index contributed by atoms with van der Waals surface area (Å²) in [5.74, 6) is 0.149. The molecule has 3 rings (SSSR count). The summed E-state index contributed by atoms with van der Waals surface area (Å²) in [6.45, 7) is 2.52. The Kier molecular flexibility index (Phi) is 7.92. The van der Waals surface area contributed by atoms with Crippen LogP contribution in [0.1, 0.15) is 13.3 Å². The number of hydrogen-bond acceptors (Lipinski definition) is 4. The summed E-state index contributed by atoms with van der Waals surface area (Å²) < 4.78 is 7.22. The fraction of sp³-hybridized carbons (Fsp3) is 0.227. The van der Waals surface area contributed by atoms with Crippen molar-refractivity contribution in [1.29, 1.82) is 0 Å². The number of halogens is 2. The van der Waals surface area contributed by atoms with Crippen LogP contribution in [-0.4, -0.2) is 34.7 Å². The molecule has 0 aliphatic heterocycles. The van der Waals surface area contributed by atoms with Gasteiger partial charge >= 0.3 is 0 Å². The second kappa shape index (κ2) is 10.8. The topological polar surface area (TPSA) is 85.3 Å². The van der Waals surface area contributed by atoms with Crippen molar-refractivity contribution in [3.05, 3.63) is 64.9 Å². The molecular formula is C22H22Cl2N4O3. The van der Waals surface area contributed by atoms with Gasteiger partial charge in [0.25, 0.3) is 5.91 Å². The number of nitrogens with one attached hydrogen (secondary N) is 2. The van der Waals surface area contributed by atoms with Crippen molar-refractivity contribution in [2.45, 2.75) is 19.9 Å². The van der Waals surface area contributed by atoms with Gasteiger partial charge in [-0.1, -0.05) is 35.3 Å². The SMILES string of the molecule is CC(=O)Nc1cccc(-c2cnn(CCCNC(=O)COc3ccc(Cl)c(Cl)c3)c2)c1. The minimum Gasteiger partial charge on any atom is -0.484 e. The van der Waals surface area contributed by atoms with Crippen LogP contribution in [0.4, 0.5) is 5.69 Å². The Bertz CT molecular complexity index is 1070. The Labute approximate surface area is 190 Å². The summed E-state index contributed by atoms with van der Waals surface area (Å²) in [6.07, 6.45) is 4.42. The van der Waals surface area contributed by atoms with Crippen LogP contribution in [0.25, 0.3) is 11.1 Å². The molecule has 162 valence electrons. The summed E-state index contributed by atoms with van der Waals surface area (Å²) in [6, 6.07) is 12.4. The first-order valence-corrected chi connectivity index (χ1v) is 10.4. The van der Waals surface area contributed by atoms with Crippen LogP contribution in [0, 0.1) is 0 Å². The van der Waals surface area contributed by atoms with E-state index in [1.807, 2.05) is 35.1 Å². The van der Waals surface area contributed by atoms with Crippen LogP contribution in [0.15, 0.2) is 54.9 Å². The minimum absolute atomic E-state index is 0.103. The lowest BCUT2D eigenvalue weighted by atomic mass is 10.1. The van der Waals surface area contributed by atoms with Gasteiger partial charge in [0.05, 0.1) is 16.2 Å². The highest BCUT2D eigenvalue weighted by Crippen LogP contribution is 2.26. The van der Waals surface area contributed by atoms with Gasteiger partial charge in [-0.05, 0) is 36.2 Å². The molecule has 0 saturated heterocycles. The Morgan fingerprint density at radius 3 is 2.71 bits per heavy atom. The van der Waals surface area contributed by atoms with Crippen molar-refractivity contribution >= 4 is 40.7 Å². The van der Waals surface area contributed by atoms with E-state index in [1.54, 1.807) is 24.4 Å². The summed E-state index contributed by atoms with van der Waals surface area (Å²) in [5.41, 5.74) is 2.65. The maximum Gasteiger partial charge on any atom is 0.257 e. The molecule has 7 nitrogen and oxygen atoms in total. The third-order valence-corrected chi connectivity index (χ3v) is 5.04. The smallest absolute Gasteiger partial charge is 0.257 e. The summed E-state index contributed by atoms with van der Waals surface area (Å²) in [7, 11) is 0. The second-order valence-corrected chi connectivity index (χ2v) is 7.64. The number of anilines is 1. The number of amides is 2. The molecule has 2 amide bonds. The summed E-state index contributed by atoms with van der Waals surface area (Å²) in [4.78, 5) is 23.2. The Balaban J connectivity index is 1.41. The standard InChI is InChI=1S/C22H22Cl2N4O3/c1-15(29)27-18-5-2-4-16(10-18)17-12-26-28(13-17)9-3-8-25-22(30)14-31-19-6-7-20(23)21(24)11-19/h2,4-7,10-13H,3,8-9,14H2,1H3,(H,25,30)(H,27,29). The van der Waals surface area contributed by atoms with E-state index in [0.717, 1.165) is 16.8 Å². The molecule has 31 heavy (non-hydrogen) atoms. The Morgan fingerprint density at radius 1 is 1.10 bits per heavy atom. The third kappa shape index (κ3) is 7.01. The van der Waals surface area contributed by atoms with Crippen LogP contribution in [0.2, 0.25) is 10.0 Å². The van der Waals surface area contributed by atoms with Gasteiger partial charge in [0, 0.05) is 43.5 Å². The summed E-state index contributed by atoms with van der Waals surface area (Å²) in [5, 5.41) is 10.7. The number of carbonyl (C=O) groups is 2. The van der Waals surface area contributed by atoms with Crippen LogP contribution in [0.3, 0.4) is 0 Å². The fourth-order valence-corrected chi connectivity index (χ4v) is 3.14. The monoisotopic (exact) mass is 460 g/mol. The number of nitrogens with zero attached hydrogens (tertiary/aromatic N) is 2. The van der Waals surface area contributed by atoms with Gasteiger partial charge in [0.1, 0.15) is 5.75 Å². The van der Waals surface area contributed by atoms with E-state index in [9.17, 15) is 9.59 Å². The summed E-state index contributed by atoms with van der Waals surface area (Å²) >= 11 is 11.8. The van der Waals surface area contributed by atoms with Gasteiger partial charge in [0.2, 0.25) is 5.91 Å². The molecule has 0 radical (unpaired) electrons. The lowest BCUT2D eigenvalue weighted by molar-refractivity contribution is -0.123. The molecule has 0 fully saturated rings. The van der Waals surface area contributed by atoms with Crippen LogP contribution in [-0.2, 0) is 16.1 Å². The molecule has 0 saturated carbocycles. The van der Waals surface area contributed by atoms with E-state index in [-0.39, 0.29) is 18.4 Å². The predicted molar refractivity (Wildman–Crippen MR) is 122 cm³/mol. The highest BCUT2D eigenvalue weighted by Gasteiger charge is 2.06. The minimum atomic E-state index is -0.220. The van der Waals surface area contributed by atoms with Crippen molar-refractivity contribution in [1.82, 2.24) is 15.1 Å².